The third-order valence-electron chi connectivity index (χ3n) is 5.28. The fourth-order valence-electron chi connectivity index (χ4n) is 3.93. The molecule has 2 aromatic rings. The van der Waals surface area contributed by atoms with Crippen molar-refractivity contribution < 1.29 is 19.1 Å². The molecule has 2 aliphatic rings. The Morgan fingerprint density at radius 1 is 1.24 bits per heavy atom. The molecule has 150 valence electrons. The lowest BCUT2D eigenvalue weighted by Crippen LogP contribution is -2.46. The Labute approximate surface area is 174 Å². The van der Waals surface area contributed by atoms with Crippen LogP contribution < -0.4 is 10.1 Å². The molecule has 7 heteroatoms. The second-order valence-electron chi connectivity index (χ2n) is 6.99. The Morgan fingerprint density at radius 2 is 2.07 bits per heavy atom. The maximum absolute atomic E-state index is 13.3. The fraction of sp³-hybridized carbons (Fsp3) is 0.273. The summed E-state index contributed by atoms with van der Waals surface area (Å²) in [4.78, 5) is 27.7. The molecular formula is C22H21ClN2O4. The molecule has 6 nitrogen and oxygen atoms in total. The highest BCUT2D eigenvalue weighted by Gasteiger charge is 2.45. The Balaban J connectivity index is 1.73. The van der Waals surface area contributed by atoms with Gasteiger partial charge in [0.1, 0.15) is 11.8 Å². The van der Waals surface area contributed by atoms with Crippen molar-refractivity contribution in [3.63, 3.8) is 0 Å². The first-order chi connectivity index (χ1) is 14.0. The van der Waals surface area contributed by atoms with Crippen LogP contribution in [0.1, 0.15) is 16.8 Å². The molecular weight excluding hydrogens is 392 g/mol. The highest BCUT2D eigenvalue weighted by Crippen LogP contribution is 2.37. The largest absolute Gasteiger partial charge is 0.496 e. The van der Waals surface area contributed by atoms with Crippen molar-refractivity contribution in [2.75, 3.05) is 25.6 Å². The second-order valence-corrected chi connectivity index (χ2v) is 7.42. The maximum atomic E-state index is 13.3. The van der Waals surface area contributed by atoms with Gasteiger partial charge in [-0.25, -0.2) is 0 Å². The molecule has 1 N–H and O–H groups in total. The molecule has 0 radical (unpaired) electrons. The monoisotopic (exact) mass is 412 g/mol. The minimum atomic E-state index is -0.654. The summed E-state index contributed by atoms with van der Waals surface area (Å²) in [5, 5.41) is 3.45. The highest BCUT2D eigenvalue weighted by atomic mass is 35.5. The van der Waals surface area contributed by atoms with Crippen LogP contribution in [0, 0.1) is 0 Å². The molecule has 1 saturated heterocycles. The van der Waals surface area contributed by atoms with Crippen LogP contribution in [0.15, 0.2) is 49.1 Å². The Kier molecular flexibility index (Phi) is 5.30. The number of hydrogen-bond acceptors (Lipinski definition) is 4. The Hall–Kier alpha value is -2.83. The van der Waals surface area contributed by atoms with E-state index in [0.29, 0.717) is 41.6 Å². The van der Waals surface area contributed by atoms with Crippen molar-refractivity contribution >= 4 is 29.1 Å². The van der Waals surface area contributed by atoms with Gasteiger partial charge in [0, 0.05) is 17.1 Å². The van der Waals surface area contributed by atoms with Gasteiger partial charge in [-0.2, -0.15) is 0 Å². The first-order valence-electron chi connectivity index (χ1n) is 9.35. The van der Waals surface area contributed by atoms with E-state index in [1.807, 2.05) is 6.07 Å². The van der Waals surface area contributed by atoms with Gasteiger partial charge in [0.25, 0.3) is 5.91 Å². The Morgan fingerprint density at radius 3 is 2.83 bits per heavy atom. The molecule has 2 aliphatic heterocycles. The summed E-state index contributed by atoms with van der Waals surface area (Å²) in [7, 11) is 1.58. The van der Waals surface area contributed by atoms with E-state index in [2.05, 4.69) is 11.9 Å². The van der Waals surface area contributed by atoms with E-state index in [9.17, 15) is 9.59 Å². The van der Waals surface area contributed by atoms with Crippen LogP contribution in [-0.4, -0.2) is 49.1 Å². The van der Waals surface area contributed by atoms with Crippen molar-refractivity contribution in [1.82, 2.24) is 4.90 Å². The minimum Gasteiger partial charge on any atom is -0.496 e. The van der Waals surface area contributed by atoms with Gasteiger partial charge in [-0.3, -0.25) is 9.59 Å². The number of carbonyl (C=O) groups excluding carboxylic acids is 2. The van der Waals surface area contributed by atoms with Crippen LogP contribution >= 0.6 is 11.6 Å². The predicted molar refractivity (Wildman–Crippen MR) is 111 cm³/mol. The van der Waals surface area contributed by atoms with E-state index in [1.54, 1.807) is 48.4 Å². The minimum absolute atomic E-state index is 0.198. The number of rotatable bonds is 5. The van der Waals surface area contributed by atoms with Crippen molar-refractivity contribution in [2.24, 2.45) is 0 Å². The first-order valence-corrected chi connectivity index (χ1v) is 9.73. The van der Waals surface area contributed by atoms with Gasteiger partial charge in [-0.05, 0) is 42.3 Å². The summed E-state index contributed by atoms with van der Waals surface area (Å²) in [5.41, 5.74) is 2.48. The standard InChI is InChI=1S/C22H21ClN2O4/c1-3-10-29-19-8-9-25-20(19)21(26)24-17-6-4-13(11-16(17)22(25)27)15-12-14(23)5-7-18(15)28-2/h3-7,11-12,19-20H,1,8-10H2,2H3,(H,24,26). The van der Waals surface area contributed by atoms with Gasteiger partial charge in [-0.1, -0.05) is 23.7 Å². The number of fused-ring (bicyclic) bond motifs is 2. The number of ether oxygens (including phenoxy) is 2. The quantitative estimate of drug-likeness (QED) is 0.759. The summed E-state index contributed by atoms with van der Waals surface area (Å²) in [6.45, 7) is 4.44. The van der Waals surface area contributed by atoms with Crippen molar-refractivity contribution in [2.45, 2.75) is 18.6 Å². The summed E-state index contributed by atoms with van der Waals surface area (Å²) in [5.74, 6) is 0.212. The zero-order chi connectivity index (χ0) is 20.5. The number of benzene rings is 2. The molecule has 29 heavy (non-hydrogen) atoms. The molecule has 2 amide bonds. The van der Waals surface area contributed by atoms with E-state index in [0.717, 1.165) is 11.1 Å². The molecule has 4 rings (SSSR count). The topological polar surface area (TPSA) is 67.9 Å². The first kappa shape index (κ1) is 19.5. The van der Waals surface area contributed by atoms with Crippen LogP contribution in [-0.2, 0) is 9.53 Å². The summed E-state index contributed by atoms with van der Waals surface area (Å²) >= 11 is 6.16. The van der Waals surface area contributed by atoms with E-state index in [-0.39, 0.29) is 17.9 Å². The molecule has 2 aromatic carbocycles. The van der Waals surface area contributed by atoms with Gasteiger partial charge in [0.2, 0.25) is 5.91 Å². The van der Waals surface area contributed by atoms with Crippen LogP contribution in [0.5, 0.6) is 5.75 Å². The number of hydrogen-bond donors (Lipinski definition) is 1. The van der Waals surface area contributed by atoms with Gasteiger partial charge in [-0.15, -0.1) is 6.58 Å². The average Bonchev–Trinajstić information content (AvgIpc) is 3.12. The lowest BCUT2D eigenvalue weighted by atomic mass is 10.0. The maximum Gasteiger partial charge on any atom is 0.256 e. The predicted octanol–water partition coefficient (Wildman–Crippen LogP) is 3.75. The van der Waals surface area contributed by atoms with Crippen LogP contribution in [0.2, 0.25) is 5.02 Å². The second kappa shape index (κ2) is 7.89. The van der Waals surface area contributed by atoms with Gasteiger partial charge in [0.05, 0.1) is 31.1 Å². The van der Waals surface area contributed by atoms with Crippen LogP contribution in [0.25, 0.3) is 11.1 Å². The van der Waals surface area contributed by atoms with E-state index in [4.69, 9.17) is 21.1 Å². The molecule has 0 saturated carbocycles. The van der Waals surface area contributed by atoms with E-state index in [1.165, 1.54) is 0 Å². The van der Waals surface area contributed by atoms with Crippen molar-refractivity contribution in [3.05, 3.63) is 59.6 Å². The third-order valence-corrected chi connectivity index (χ3v) is 5.52. The van der Waals surface area contributed by atoms with E-state index < -0.39 is 6.04 Å². The van der Waals surface area contributed by atoms with Crippen molar-refractivity contribution in [1.29, 1.82) is 0 Å². The normalized spacial score (nSPS) is 20.6. The smallest absolute Gasteiger partial charge is 0.256 e. The number of nitrogens with one attached hydrogen (secondary N) is 1. The molecule has 0 aromatic heterocycles. The highest BCUT2D eigenvalue weighted by molar-refractivity contribution is 6.31. The zero-order valence-corrected chi connectivity index (χ0v) is 16.7. The van der Waals surface area contributed by atoms with Crippen LogP contribution in [0.3, 0.4) is 0 Å². The molecule has 1 fully saturated rings. The Bertz CT molecular complexity index is 991. The third kappa shape index (κ3) is 3.50. The number of nitrogens with zero attached hydrogens (tertiary/aromatic N) is 1. The number of amides is 2. The van der Waals surface area contributed by atoms with Crippen molar-refractivity contribution in [3.8, 4) is 16.9 Å². The summed E-state index contributed by atoms with van der Waals surface area (Å²) in [6.07, 6.45) is 1.89. The van der Waals surface area contributed by atoms with Gasteiger partial charge in [0.15, 0.2) is 0 Å². The molecule has 2 atom stereocenters. The number of methoxy groups -OCH3 is 1. The molecule has 2 heterocycles. The lowest BCUT2D eigenvalue weighted by molar-refractivity contribution is -0.122. The summed E-state index contributed by atoms with van der Waals surface area (Å²) in [6, 6.07) is 10.0. The summed E-state index contributed by atoms with van der Waals surface area (Å²) < 4.78 is 11.2. The molecule has 0 bridgehead atoms. The van der Waals surface area contributed by atoms with Gasteiger partial charge < -0.3 is 19.7 Å². The average molecular weight is 413 g/mol. The zero-order valence-electron chi connectivity index (χ0n) is 16.0. The number of halogens is 1. The molecule has 0 aliphatic carbocycles. The number of anilines is 1. The van der Waals surface area contributed by atoms with E-state index >= 15 is 0 Å². The fourth-order valence-corrected chi connectivity index (χ4v) is 4.11. The van der Waals surface area contributed by atoms with Crippen LogP contribution in [0.4, 0.5) is 5.69 Å². The molecule has 0 spiro atoms. The lowest BCUT2D eigenvalue weighted by Gasteiger charge is -2.24. The van der Waals surface area contributed by atoms with Gasteiger partial charge >= 0.3 is 0 Å². The molecule has 2 unspecified atom stereocenters. The SMILES string of the molecule is C=CCOC1CCN2C(=O)c3cc(-c4cc(Cl)ccc4OC)ccc3NC(=O)C12. The number of carbonyl (C=O) groups is 2.